The average Bonchev–Trinajstić information content (AvgIpc) is 2.85. The molecule has 0 fully saturated rings. The molecular weight excluding hydrogens is 242 g/mol. The summed E-state index contributed by atoms with van der Waals surface area (Å²) in [6, 6.07) is 6.29. The van der Waals surface area contributed by atoms with E-state index in [0.717, 1.165) is 30.9 Å². The van der Waals surface area contributed by atoms with Crippen molar-refractivity contribution in [2.75, 3.05) is 11.4 Å². The Kier molecular flexibility index (Phi) is 3.06. The van der Waals surface area contributed by atoms with Crippen molar-refractivity contribution in [1.29, 1.82) is 0 Å². The number of anilines is 1. The SMILES string of the molecule is CC(N)c1cccnc1N1CCc2sccc2C1. The Balaban J connectivity index is 1.93. The van der Waals surface area contributed by atoms with E-state index in [1.807, 2.05) is 30.5 Å². The molecule has 94 valence electrons. The number of fused-ring (bicyclic) bond motifs is 1. The Morgan fingerprint density at radius 3 is 3.17 bits per heavy atom. The molecule has 3 heterocycles. The minimum Gasteiger partial charge on any atom is -0.352 e. The Morgan fingerprint density at radius 1 is 1.44 bits per heavy atom. The predicted molar refractivity (Wildman–Crippen MR) is 75.9 cm³/mol. The molecule has 3 nitrogen and oxygen atoms in total. The summed E-state index contributed by atoms with van der Waals surface area (Å²) in [7, 11) is 0. The fraction of sp³-hybridized carbons (Fsp3) is 0.357. The average molecular weight is 259 g/mol. The quantitative estimate of drug-likeness (QED) is 0.901. The van der Waals surface area contributed by atoms with Crippen molar-refractivity contribution in [3.05, 3.63) is 45.8 Å². The molecule has 3 rings (SSSR count). The summed E-state index contributed by atoms with van der Waals surface area (Å²) in [4.78, 5) is 8.39. The number of nitrogens with zero attached hydrogens (tertiary/aromatic N) is 2. The molecule has 4 heteroatoms. The third-order valence-electron chi connectivity index (χ3n) is 3.41. The molecule has 0 aliphatic carbocycles. The Hall–Kier alpha value is -1.39. The Labute approximate surface area is 111 Å². The highest BCUT2D eigenvalue weighted by Crippen LogP contribution is 2.30. The summed E-state index contributed by atoms with van der Waals surface area (Å²) in [6.45, 7) is 4.00. The summed E-state index contributed by atoms with van der Waals surface area (Å²) in [5, 5.41) is 2.18. The van der Waals surface area contributed by atoms with Gasteiger partial charge in [0.05, 0.1) is 0 Å². The normalized spacial score (nSPS) is 16.4. The van der Waals surface area contributed by atoms with Gasteiger partial charge in [-0.1, -0.05) is 6.07 Å². The van der Waals surface area contributed by atoms with Crippen LogP contribution in [0.4, 0.5) is 5.82 Å². The van der Waals surface area contributed by atoms with Crippen molar-refractivity contribution in [1.82, 2.24) is 4.98 Å². The molecule has 0 aromatic carbocycles. The topological polar surface area (TPSA) is 42.1 Å². The van der Waals surface area contributed by atoms with Gasteiger partial charge in [-0.15, -0.1) is 11.3 Å². The van der Waals surface area contributed by atoms with Gasteiger partial charge in [-0.05, 0) is 36.4 Å². The van der Waals surface area contributed by atoms with Crippen molar-refractivity contribution in [2.24, 2.45) is 5.73 Å². The van der Waals surface area contributed by atoms with Crippen LogP contribution in [0.3, 0.4) is 0 Å². The first-order valence-electron chi connectivity index (χ1n) is 6.26. The van der Waals surface area contributed by atoms with E-state index in [0.29, 0.717) is 0 Å². The van der Waals surface area contributed by atoms with Gasteiger partial charge < -0.3 is 10.6 Å². The van der Waals surface area contributed by atoms with Crippen LogP contribution < -0.4 is 10.6 Å². The largest absolute Gasteiger partial charge is 0.352 e. The standard InChI is InChI=1S/C14H17N3S/c1-10(15)12-3-2-6-16-14(12)17-7-4-13-11(9-17)5-8-18-13/h2-3,5-6,8,10H,4,7,9,15H2,1H3. The lowest BCUT2D eigenvalue weighted by Crippen LogP contribution is -2.31. The minimum atomic E-state index is 0.0255. The Bertz CT molecular complexity index is 547. The van der Waals surface area contributed by atoms with Crippen LogP contribution in [0, 0.1) is 0 Å². The highest BCUT2D eigenvalue weighted by atomic mass is 32.1. The van der Waals surface area contributed by atoms with Crippen LogP contribution in [0.5, 0.6) is 0 Å². The van der Waals surface area contributed by atoms with Gasteiger partial charge in [0, 0.05) is 35.8 Å². The van der Waals surface area contributed by atoms with E-state index in [9.17, 15) is 0 Å². The lowest BCUT2D eigenvalue weighted by atomic mass is 10.1. The number of aromatic nitrogens is 1. The first kappa shape index (κ1) is 11.7. The summed E-state index contributed by atoms with van der Waals surface area (Å²) < 4.78 is 0. The summed E-state index contributed by atoms with van der Waals surface area (Å²) in [5.41, 5.74) is 8.60. The van der Waals surface area contributed by atoms with Gasteiger partial charge in [-0.2, -0.15) is 0 Å². The molecule has 2 aromatic rings. The van der Waals surface area contributed by atoms with Gasteiger partial charge in [0.25, 0.3) is 0 Å². The maximum atomic E-state index is 6.03. The molecule has 0 saturated heterocycles. The summed E-state index contributed by atoms with van der Waals surface area (Å²) in [5.74, 6) is 1.05. The highest BCUT2D eigenvalue weighted by molar-refractivity contribution is 7.10. The summed E-state index contributed by atoms with van der Waals surface area (Å²) >= 11 is 1.86. The van der Waals surface area contributed by atoms with Gasteiger partial charge >= 0.3 is 0 Å². The van der Waals surface area contributed by atoms with Crippen LogP contribution >= 0.6 is 11.3 Å². The third-order valence-corrected chi connectivity index (χ3v) is 4.44. The van der Waals surface area contributed by atoms with E-state index in [1.54, 1.807) is 0 Å². The van der Waals surface area contributed by atoms with Gasteiger partial charge in [-0.3, -0.25) is 0 Å². The van der Waals surface area contributed by atoms with Crippen LogP contribution in [-0.2, 0) is 13.0 Å². The Morgan fingerprint density at radius 2 is 2.33 bits per heavy atom. The van der Waals surface area contributed by atoms with E-state index >= 15 is 0 Å². The van der Waals surface area contributed by atoms with E-state index in [2.05, 4.69) is 27.4 Å². The number of pyridine rings is 1. The van der Waals surface area contributed by atoms with E-state index < -0.39 is 0 Å². The smallest absolute Gasteiger partial charge is 0.133 e. The molecule has 2 N–H and O–H groups in total. The molecule has 2 aromatic heterocycles. The third kappa shape index (κ3) is 2.02. The molecule has 0 bridgehead atoms. The molecule has 1 unspecified atom stereocenters. The first-order chi connectivity index (χ1) is 8.75. The molecule has 1 aliphatic heterocycles. The molecule has 18 heavy (non-hydrogen) atoms. The number of nitrogens with two attached hydrogens (primary N) is 1. The molecule has 0 amide bonds. The zero-order valence-electron chi connectivity index (χ0n) is 10.5. The van der Waals surface area contributed by atoms with Crippen molar-refractivity contribution < 1.29 is 0 Å². The first-order valence-corrected chi connectivity index (χ1v) is 7.14. The minimum absolute atomic E-state index is 0.0255. The molecule has 0 radical (unpaired) electrons. The maximum absolute atomic E-state index is 6.03. The van der Waals surface area contributed by atoms with Gasteiger partial charge in [0.1, 0.15) is 5.82 Å². The van der Waals surface area contributed by atoms with E-state index in [1.165, 1.54) is 10.4 Å². The number of rotatable bonds is 2. The number of hydrogen-bond donors (Lipinski definition) is 1. The van der Waals surface area contributed by atoms with Gasteiger partial charge in [0.15, 0.2) is 0 Å². The molecule has 0 spiro atoms. The molecule has 1 aliphatic rings. The predicted octanol–water partition coefficient (Wildman–Crippen LogP) is 2.73. The van der Waals surface area contributed by atoms with Crippen molar-refractivity contribution in [2.45, 2.75) is 25.9 Å². The van der Waals surface area contributed by atoms with Crippen LogP contribution in [0.15, 0.2) is 29.8 Å². The summed E-state index contributed by atoms with van der Waals surface area (Å²) in [6.07, 6.45) is 2.96. The molecule has 0 saturated carbocycles. The number of hydrogen-bond acceptors (Lipinski definition) is 4. The fourth-order valence-corrected chi connectivity index (χ4v) is 3.35. The van der Waals surface area contributed by atoms with Crippen LogP contribution in [0.25, 0.3) is 0 Å². The van der Waals surface area contributed by atoms with Gasteiger partial charge in [-0.25, -0.2) is 4.98 Å². The van der Waals surface area contributed by atoms with Crippen LogP contribution in [0.2, 0.25) is 0 Å². The number of thiophene rings is 1. The van der Waals surface area contributed by atoms with E-state index in [4.69, 9.17) is 5.73 Å². The lowest BCUT2D eigenvalue weighted by molar-refractivity contribution is 0.711. The van der Waals surface area contributed by atoms with Crippen LogP contribution in [0.1, 0.15) is 29.0 Å². The maximum Gasteiger partial charge on any atom is 0.133 e. The molecule has 1 atom stereocenters. The second-order valence-corrected chi connectivity index (χ2v) is 5.75. The monoisotopic (exact) mass is 259 g/mol. The van der Waals surface area contributed by atoms with Crippen molar-refractivity contribution in [3.63, 3.8) is 0 Å². The second kappa shape index (κ2) is 4.71. The zero-order chi connectivity index (χ0) is 12.5. The fourth-order valence-electron chi connectivity index (χ4n) is 2.46. The zero-order valence-corrected chi connectivity index (χ0v) is 11.3. The second-order valence-electron chi connectivity index (χ2n) is 4.75. The highest BCUT2D eigenvalue weighted by Gasteiger charge is 2.21. The van der Waals surface area contributed by atoms with Crippen molar-refractivity contribution >= 4 is 17.2 Å². The van der Waals surface area contributed by atoms with E-state index in [-0.39, 0.29) is 6.04 Å². The van der Waals surface area contributed by atoms with Crippen molar-refractivity contribution in [3.8, 4) is 0 Å². The van der Waals surface area contributed by atoms with Crippen LogP contribution in [-0.4, -0.2) is 11.5 Å². The van der Waals surface area contributed by atoms with Gasteiger partial charge in [0.2, 0.25) is 0 Å². The molecular formula is C14H17N3S. The lowest BCUT2D eigenvalue weighted by Gasteiger charge is -2.30.